The molecule has 1 saturated heterocycles. The van der Waals surface area contributed by atoms with Crippen molar-refractivity contribution >= 4 is 0 Å². The molecule has 0 aromatic heterocycles. The Balaban J connectivity index is 1.56. The van der Waals surface area contributed by atoms with Crippen LogP contribution in [0.25, 0.3) is 0 Å². The lowest BCUT2D eigenvalue weighted by Crippen LogP contribution is -2.48. The zero-order valence-electron chi connectivity index (χ0n) is 12.0. The van der Waals surface area contributed by atoms with Gasteiger partial charge in [-0.3, -0.25) is 0 Å². The first kappa shape index (κ1) is 12.9. The molecule has 104 valence electrons. The molecule has 2 N–H and O–H groups in total. The van der Waals surface area contributed by atoms with E-state index in [-0.39, 0.29) is 0 Å². The fourth-order valence-electron chi connectivity index (χ4n) is 4.59. The van der Waals surface area contributed by atoms with Crippen LogP contribution in [-0.2, 0) is 0 Å². The molecule has 18 heavy (non-hydrogen) atoms. The predicted molar refractivity (Wildman–Crippen MR) is 76.7 cm³/mol. The van der Waals surface area contributed by atoms with Crippen LogP contribution in [0.1, 0.15) is 64.7 Å². The van der Waals surface area contributed by atoms with E-state index in [1.165, 1.54) is 64.3 Å². The van der Waals surface area contributed by atoms with Crippen LogP contribution < -0.4 is 10.6 Å². The van der Waals surface area contributed by atoms with Gasteiger partial charge < -0.3 is 10.6 Å². The lowest BCUT2D eigenvalue weighted by atomic mass is 9.84. The first-order valence-electron chi connectivity index (χ1n) is 8.34. The highest BCUT2D eigenvalue weighted by Gasteiger charge is 2.36. The Bertz CT molecular complexity index is 260. The van der Waals surface area contributed by atoms with Crippen molar-refractivity contribution in [2.24, 2.45) is 11.8 Å². The van der Waals surface area contributed by atoms with Gasteiger partial charge in [0.2, 0.25) is 0 Å². The fraction of sp³-hybridized carbons (Fsp3) is 1.00. The van der Waals surface area contributed by atoms with Gasteiger partial charge in [-0.15, -0.1) is 0 Å². The van der Waals surface area contributed by atoms with Gasteiger partial charge in [-0.05, 0) is 56.9 Å². The Morgan fingerprint density at radius 3 is 2.44 bits per heavy atom. The molecule has 3 aliphatic rings. The highest BCUT2D eigenvalue weighted by Crippen LogP contribution is 2.34. The molecule has 5 atom stereocenters. The van der Waals surface area contributed by atoms with E-state index in [4.69, 9.17) is 0 Å². The minimum Gasteiger partial charge on any atom is -0.314 e. The molecular weight excluding hydrogens is 220 g/mol. The molecule has 0 bridgehead atoms. The van der Waals surface area contributed by atoms with E-state index >= 15 is 0 Å². The van der Waals surface area contributed by atoms with Gasteiger partial charge in [0.1, 0.15) is 0 Å². The molecular formula is C16H30N2. The second-order valence-electron chi connectivity index (χ2n) is 6.94. The first-order valence-corrected chi connectivity index (χ1v) is 8.34. The van der Waals surface area contributed by atoms with Crippen LogP contribution in [0.2, 0.25) is 0 Å². The van der Waals surface area contributed by atoms with E-state index in [2.05, 4.69) is 17.6 Å². The Hall–Kier alpha value is -0.0800. The molecule has 0 aromatic carbocycles. The van der Waals surface area contributed by atoms with Gasteiger partial charge in [0, 0.05) is 18.1 Å². The topological polar surface area (TPSA) is 24.1 Å². The number of hydrogen-bond donors (Lipinski definition) is 2. The quantitative estimate of drug-likeness (QED) is 0.804. The van der Waals surface area contributed by atoms with Crippen molar-refractivity contribution in [3.05, 3.63) is 0 Å². The molecule has 1 aliphatic heterocycles. The Morgan fingerprint density at radius 2 is 1.67 bits per heavy atom. The molecule has 0 radical (unpaired) electrons. The molecule has 2 nitrogen and oxygen atoms in total. The summed E-state index contributed by atoms with van der Waals surface area (Å²) < 4.78 is 0. The molecule has 2 aliphatic carbocycles. The van der Waals surface area contributed by atoms with Crippen LogP contribution in [0.4, 0.5) is 0 Å². The summed E-state index contributed by atoms with van der Waals surface area (Å²) in [5.74, 6) is 1.82. The Labute approximate surface area is 112 Å². The molecule has 3 rings (SSSR count). The molecule has 2 saturated carbocycles. The molecule has 0 aromatic rings. The summed E-state index contributed by atoms with van der Waals surface area (Å²) in [4.78, 5) is 0. The maximum absolute atomic E-state index is 4.05. The summed E-state index contributed by atoms with van der Waals surface area (Å²) in [6.45, 7) is 3.71. The lowest BCUT2D eigenvalue weighted by molar-refractivity contribution is 0.223. The van der Waals surface area contributed by atoms with Crippen molar-refractivity contribution in [1.29, 1.82) is 0 Å². The molecule has 0 amide bonds. The first-order chi connectivity index (χ1) is 8.84. The van der Waals surface area contributed by atoms with Crippen molar-refractivity contribution in [3.8, 4) is 0 Å². The van der Waals surface area contributed by atoms with E-state index in [1.54, 1.807) is 0 Å². The number of rotatable bonds is 3. The summed E-state index contributed by atoms with van der Waals surface area (Å²) in [5, 5.41) is 7.79. The second-order valence-corrected chi connectivity index (χ2v) is 6.94. The maximum Gasteiger partial charge on any atom is 0.0113 e. The van der Waals surface area contributed by atoms with E-state index in [0.29, 0.717) is 0 Å². The van der Waals surface area contributed by atoms with Crippen LogP contribution >= 0.6 is 0 Å². The molecule has 5 unspecified atom stereocenters. The summed E-state index contributed by atoms with van der Waals surface area (Å²) in [7, 11) is 0. The second kappa shape index (κ2) is 5.92. The average Bonchev–Trinajstić information content (AvgIpc) is 3.02. The number of nitrogens with one attached hydrogen (secondary N) is 2. The largest absolute Gasteiger partial charge is 0.314 e. The van der Waals surface area contributed by atoms with Gasteiger partial charge in [-0.2, -0.15) is 0 Å². The normalized spacial score (nSPS) is 45.5. The highest BCUT2D eigenvalue weighted by molar-refractivity contribution is 4.95. The predicted octanol–water partition coefficient (Wildman–Crippen LogP) is 3.08. The third-order valence-electron chi connectivity index (χ3n) is 5.72. The maximum atomic E-state index is 4.05. The van der Waals surface area contributed by atoms with Crippen LogP contribution in [0.3, 0.4) is 0 Å². The van der Waals surface area contributed by atoms with Crippen molar-refractivity contribution in [3.63, 3.8) is 0 Å². The van der Waals surface area contributed by atoms with Gasteiger partial charge in [0.25, 0.3) is 0 Å². The monoisotopic (exact) mass is 250 g/mol. The third-order valence-corrected chi connectivity index (χ3v) is 5.72. The van der Waals surface area contributed by atoms with E-state index in [1.807, 2.05) is 0 Å². The fourth-order valence-corrected chi connectivity index (χ4v) is 4.59. The zero-order valence-corrected chi connectivity index (χ0v) is 12.0. The average molecular weight is 250 g/mol. The van der Waals surface area contributed by atoms with Crippen LogP contribution in [0.5, 0.6) is 0 Å². The minimum absolute atomic E-state index is 0.811. The van der Waals surface area contributed by atoms with Crippen molar-refractivity contribution in [1.82, 2.24) is 10.6 Å². The summed E-state index contributed by atoms with van der Waals surface area (Å²) in [6, 6.07) is 2.45. The van der Waals surface area contributed by atoms with Crippen LogP contribution in [0, 0.1) is 11.8 Å². The van der Waals surface area contributed by atoms with Gasteiger partial charge in [-0.25, -0.2) is 0 Å². The molecule has 0 spiro atoms. The minimum atomic E-state index is 0.811. The third kappa shape index (κ3) is 2.75. The SMILES string of the molecule is CC1CCCCC1NC1CCCC1C1CCCN1. The summed E-state index contributed by atoms with van der Waals surface area (Å²) in [6.07, 6.45) is 12.9. The Morgan fingerprint density at radius 1 is 0.833 bits per heavy atom. The van der Waals surface area contributed by atoms with Crippen molar-refractivity contribution in [2.45, 2.75) is 82.8 Å². The van der Waals surface area contributed by atoms with Crippen molar-refractivity contribution in [2.75, 3.05) is 6.54 Å². The van der Waals surface area contributed by atoms with Crippen LogP contribution in [-0.4, -0.2) is 24.7 Å². The van der Waals surface area contributed by atoms with Gasteiger partial charge in [-0.1, -0.05) is 26.2 Å². The van der Waals surface area contributed by atoms with E-state index in [0.717, 1.165) is 30.0 Å². The van der Waals surface area contributed by atoms with Crippen molar-refractivity contribution < 1.29 is 0 Å². The summed E-state index contributed by atoms with van der Waals surface area (Å²) >= 11 is 0. The standard InChI is InChI=1S/C16H30N2/c1-12-6-2-3-8-14(12)18-16-9-4-7-13(16)15-10-5-11-17-15/h12-18H,2-11H2,1H3. The van der Waals surface area contributed by atoms with Gasteiger partial charge >= 0.3 is 0 Å². The highest BCUT2D eigenvalue weighted by atomic mass is 15.0. The lowest BCUT2D eigenvalue weighted by Gasteiger charge is -2.35. The summed E-state index contributed by atoms with van der Waals surface area (Å²) in [5.41, 5.74) is 0. The van der Waals surface area contributed by atoms with Gasteiger partial charge in [0.15, 0.2) is 0 Å². The van der Waals surface area contributed by atoms with E-state index < -0.39 is 0 Å². The number of hydrogen-bond acceptors (Lipinski definition) is 2. The molecule has 1 heterocycles. The smallest absolute Gasteiger partial charge is 0.0113 e. The molecule has 2 heteroatoms. The van der Waals surface area contributed by atoms with E-state index in [9.17, 15) is 0 Å². The zero-order chi connectivity index (χ0) is 12.4. The van der Waals surface area contributed by atoms with Crippen LogP contribution in [0.15, 0.2) is 0 Å². The molecule has 3 fully saturated rings. The van der Waals surface area contributed by atoms with Gasteiger partial charge in [0.05, 0.1) is 0 Å². The Kier molecular flexibility index (Phi) is 4.25.